The largest absolute Gasteiger partial charge is 0.308 e. The van der Waals surface area contributed by atoms with E-state index in [1.165, 1.54) is 0 Å². The van der Waals surface area contributed by atoms with Crippen LogP contribution >= 0.6 is 0 Å². The van der Waals surface area contributed by atoms with Crippen molar-refractivity contribution in [1.29, 1.82) is 0 Å². The predicted molar refractivity (Wildman–Crippen MR) is 155 cm³/mol. The Bertz CT molecular complexity index is 2150. The van der Waals surface area contributed by atoms with Crippen LogP contribution in [0, 0.1) is 6.92 Å². The van der Waals surface area contributed by atoms with Gasteiger partial charge in [0.2, 0.25) is 0 Å². The third-order valence-corrected chi connectivity index (χ3v) is 6.52. The number of rotatable bonds is 3. The van der Waals surface area contributed by atoms with Crippen molar-refractivity contribution in [2.45, 2.75) is 33.1 Å². The zero-order valence-corrected chi connectivity index (χ0v) is 20.7. The lowest BCUT2D eigenvalue weighted by atomic mass is 9.80. The third-order valence-electron chi connectivity index (χ3n) is 6.52. The van der Waals surface area contributed by atoms with Crippen molar-refractivity contribution in [3.05, 3.63) is 126 Å². The molecule has 6 aromatic rings. The van der Waals surface area contributed by atoms with Gasteiger partial charge in [0.05, 0.1) is 29.1 Å². The maximum atomic E-state index is 8.88. The fourth-order valence-electron chi connectivity index (χ4n) is 5.09. The minimum atomic E-state index is -0.552. The molecule has 0 unspecified atom stereocenters. The van der Waals surface area contributed by atoms with Crippen LogP contribution in [-0.2, 0) is 5.41 Å². The Morgan fingerprint density at radius 2 is 1.28 bits per heavy atom. The number of fused-ring (bicyclic) bond motifs is 3. The molecule has 6 rings (SSSR count). The summed E-state index contributed by atoms with van der Waals surface area (Å²) < 4.78 is 79.4. The van der Waals surface area contributed by atoms with Crippen LogP contribution in [0.1, 0.15) is 44.2 Å². The fraction of sp³-hybridized carbons (Fsp3) is 0.143. The molecule has 0 N–H and O–H groups in total. The molecule has 0 aliphatic carbocycles. The first-order valence-corrected chi connectivity index (χ1v) is 12.0. The fourth-order valence-corrected chi connectivity index (χ4v) is 5.09. The normalized spacial score (nSPS) is 15.4. The molecule has 1 heteroatoms. The lowest BCUT2D eigenvalue weighted by Crippen LogP contribution is -2.17. The molecule has 36 heavy (non-hydrogen) atoms. The number of para-hydroxylation sites is 2. The molecule has 0 aliphatic heterocycles. The summed E-state index contributed by atoms with van der Waals surface area (Å²) >= 11 is 0. The molecule has 1 aromatic heterocycles. The molecule has 0 saturated heterocycles. The van der Waals surface area contributed by atoms with E-state index in [2.05, 4.69) is 0 Å². The molecule has 0 atom stereocenters. The van der Waals surface area contributed by atoms with Gasteiger partial charge >= 0.3 is 0 Å². The van der Waals surface area contributed by atoms with E-state index in [0.29, 0.717) is 16.6 Å². The standard InChI is InChI=1S/C35H31N/c1-24-20-22-26(23-21-24)27-15-11-19-32(33(27)35(2,3)4)36-31-18-9-8-14-29(31)30-17-10-16-28(34(30)36)25-12-6-5-7-13-25/h5-23H,1-4H3/i5D,6D,7D,12D,13D,20D,21D,22D,23D. The molecule has 0 spiro atoms. The summed E-state index contributed by atoms with van der Waals surface area (Å²) in [7, 11) is 0. The Hall–Kier alpha value is -4.10. The van der Waals surface area contributed by atoms with Crippen molar-refractivity contribution in [3.8, 4) is 27.9 Å². The van der Waals surface area contributed by atoms with E-state index in [1.807, 2.05) is 79.9 Å². The van der Waals surface area contributed by atoms with Crippen LogP contribution in [0.3, 0.4) is 0 Å². The first-order valence-electron chi connectivity index (χ1n) is 16.5. The van der Waals surface area contributed by atoms with Gasteiger partial charge in [0.1, 0.15) is 0 Å². The third kappa shape index (κ3) is 3.63. The van der Waals surface area contributed by atoms with E-state index in [0.717, 1.165) is 27.5 Å². The molecule has 0 radical (unpaired) electrons. The van der Waals surface area contributed by atoms with E-state index in [1.54, 1.807) is 13.0 Å². The Morgan fingerprint density at radius 3 is 2.03 bits per heavy atom. The van der Waals surface area contributed by atoms with Crippen LogP contribution in [0.15, 0.2) is 115 Å². The van der Waals surface area contributed by atoms with Gasteiger partial charge in [-0.15, -0.1) is 0 Å². The predicted octanol–water partition coefficient (Wildman–Crippen LogP) is 9.72. The molecule has 0 amide bonds. The quantitative estimate of drug-likeness (QED) is 0.240. The Morgan fingerprint density at radius 1 is 0.639 bits per heavy atom. The second-order valence-corrected chi connectivity index (χ2v) is 10.0. The van der Waals surface area contributed by atoms with E-state index >= 15 is 0 Å². The zero-order chi connectivity index (χ0) is 32.7. The van der Waals surface area contributed by atoms with E-state index in [-0.39, 0.29) is 52.9 Å². The number of aromatic nitrogens is 1. The molecular formula is C35H31N. The van der Waals surface area contributed by atoms with Gasteiger partial charge in [-0.25, -0.2) is 0 Å². The van der Waals surface area contributed by atoms with Crippen molar-refractivity contribution < 1.29 is 12.3 Å². The van der Waals surface area contributed by atoms with Crippen molar-refractivity contribution in [1.82, 2.24) is 4.57 Å². The van der Waals surface area contributed by atoms with Gasteiger partial charge in [0.25, 0.3) is 0 Å². The second kappa shape index (κ2) is 8.53. The summed E-state index contributed by atoms with van der Waals surface area (Å²) in [5, 5.41) is 1.74. The minimum Gasteiger partial charge on any atom is -0.308 e. The summed E-state index contributed by atoms with van der Waals surface area (Å²) in [6.07, 6.45) is 0. The van der Waals surface area contributed by atoms with Crippen molar-refractivity contribution in [2.75, 3.05) is 0 Å². The highest BCUT2D eigenvalue weighted by atomic mass is 15.0. The highest BCUT2D eigenvalue weighted by Crippen LogP contribution is 2.43. The Kier molecular flexibility index (Phi) is 3.43. The van der Waals surface area contributed by atoms with Crippen LogP contribution < -0.4 is 0 Å². The highest BCUT2D eigenvalue weighted by molar-refractivity contribution is 6.14. The molecule has 0 fully saturated rings. The van der Waals surface area contributed by atoms with Gasteiger partial charge in [-0.1, -0.05) is 129 Å². The van der Waals surface area contributed by atoms with Crippen LogP contribution in [0.4, 0.5) is 0 Å². The molecule has 0 saturated carbocycles. The maximum absolute atomic E-state index is 8.88. The molecule has 1 nitrogen and oxygen atoms in total. The highest BCUT2D eigenvalue weighted by Gasteiger charge is 2.26. The van der Waals surface area contributed by atoms with E-state index in [4.69, 9.17) is 12.3 Å². The first kappa shape index (κ1) is 14.5. The number of hydrogen-bond acceptors (Lipinski definition) is 0. The summed E-state index contributed by atoms with van der Waals surface area (Å²) in [6.45, 7) is 7.68. The lowest BCUT2D eigenvalue weighted by molar-refractivity contribution is 0.589. The lowest BCUT2D eigenvalue weighted by Gasteiger charge is -2.28. The van der Waals surface area contributed by atoms with Crippen molar-refractivity contribution >= 4 is 21.8 Å². The molecule has 1 heterocycles. The van der Waals surface area contributed by atoms with Crippen LogP contribution in [0.2, 0.25) is 0 Å². The maximum Gasteiger partial charge on any atom is 0.0629 e. The number of hydrogen-bond donors (Lipinski definition) is 0. The van der Waals surface area contributed by atoms with Crippen molar-refractivity contribution in [2.24, 2.45) is 0 Å². The topological polar surface area (TPSA) is 4.93 Å². The van der Waals surface area contributed by atoms with Gasteiger partial charge in [-0.3, -0.25) is 0 Å². The van der Waals surface area contributed by atoms with Gasteiger partial charge in [0, 0.05) is 16.3 Å². The van der Waals surface area contributed by atoms with Crippen molar-refractivity contribution in [3.63, 3.8) is 0 Å². The average molecular weight is 475 g/mol. The monoisotopic (exact) mass is 474 g/mol. The smallest absolute Gasteiger partial charge is 0.0629 e. The van der Waals surface area contributed by atoms with Crippen LogP contribution in [0.25, 0.3) is 49.7 Å². The van der Waals surface area contributed by atoms with Gasteiger partial charge in [0.15, 0.2) is 0 Å². The van der Waals surface area contributed by atoms with E-state index in [9.17, 15) is 0 Å². The Labute approximate surface area is 226 Å². The van der Waals surface area contributed by atoms with Gasteiger partial charge in [-0.05, 0) is 46.7 Å². The number of benzene rings is 5. The summed E-state index contributed by atoms with van der Waals surface area (Å²) in [6, 6.07) is 16.7. The average Bonchev–Trinajstić information content (AvgIpc) is 3.35. The summed E-state index contributed by atoms with van der Waals surface area (Å²) in [5.41, 5.74) is 4.10. The molecule has 0 bridgehead atoms. The Balaban J connectivity index is 1.84. The van der Waals surface area contributed by atoms with E-state index < -0.39 is 23.5 Å². The van der Waals surface area contributed by atoms with Crippen LogP contribution in [0.5, 0.6) is 0 Å². The molecule has 5 aromatic carbocycles. The van der Waals surface area contributed by atoms with Gasteiger partial charge in [-0.2, -0.15) is 0 Å². The minimum absolute atomic E-state index is 0.0865. The zero-order valence-electron chi connectivity index (χ0n) is 29.7. The second-order valence-electron chi connectivity index (χ2n) is 10.0. The first-order chi connectivity index (χ1) is 21.2. The summed E-state index contributed by atoms with van der Waals surface area (Å²) in [4.78, 5) is 0. The molecule has 0 aliphatic rings. The summed E-state index contributed by atoms with van der Waals surface area (Å²) in [5.74, 6) is 0. The number of nitrogens with zero attached hydrogens (tertiary/aromatic N) is 1. The van der Waals surface area contributed by atoms with Crippen LogP contribution in [-0.4, -0.2) is 4.57 Å². The van der Waals surface area contributed by atoms with Gasteiger partial charge < -0.3 is 4.57 Å². The molecular weight excluding hydrogens is 434 g/mol. The molecule has 176 valence electrons. The SMILES string of the molecule is [2H]c1c([2H])c([2H])c(-c2cccc3c4ccccc4n(-c4cccc(-c5c([2H])c([2H])c(C)c([2H])c5[2H])c4C(C)(C)C)c23)c([2H])c1[2H].